The van der Waals surface area contributed by atoms with Crippen LogP contribution in [0.3, 0.4) is 0 Å². The molecule has 0 heterocycles. The van der Waals surface area contributed by atoms with Crippen molar-refractivity contribution in [3.8, 4) is 5.75 Å². The third kappa shape index (κ3) is 4.32. The van der Waals surface area contributed by atoms with Gasteiger partial charge in [0.1, 0.15) is 12.4 Å². The van der Waals surface area contributed by atoms with Crippen molar-refractivity contribution in [2.45, 2.75) is 13.8 Å². The molecule has 2 rings (SSSR count). The zero-order chi connectivity index (χ0) is 16.8. The van der Waals surface area contributed by atoms with Crippen LogP contribution in [0.4, 0.5) is 4.79 Å². The molecule has 2 aromatic carbocycles. The summed E-state index contributed by atoms with van der Waals surface area (Å²) >= 11 is 0. The van der Waals surface area contributed by atoms with Gasteiger partial charge in [0.15, 0.2) is 0 Å². The van der Waals surface area contributed by atoms with Crippen LogP contribution in [0.15, 0.2) is 48.6 Å². The monoisotopic (exact) mass is 313 g/mol. The molecule has 0 aromatic heterocycles. The van der Waals surface area contributed by atoms with E-state index >= 15 is 0 Å². The highest BCUT2D eigenvalue weighted by Crippen LogP contribution is 2.26. The standard InChI is InChI=1S/C18H19NO4/c1-12(2)17(20)22-11-10-19-18(21)23-16-9-8-14-6-4-5-7-15(14)13(16)3/h4-9H,1,10-11H2,2-3H3,(H,19,21). The lowest BCUT2D eigenvalue weighted by Crippen LogP contribution is -2.30. The van der Waals surface area contributed by atoms with Gasteiger partial charge in [-0.3, -0.25) is 0 Å². The van der Waals surface area contributed by atoms with Gasteiger partial charge in [-0.1, -0.05) is 36.9 Å². The van der Waals surface area contributed by atoms with E-state index in [0.29, 0.717) is 11.3 Å². The van der Waals surface area contributed by atoms with Crippen LogP contribution in [0.25, 0.3) is 10.8 Å². The lowest BCUT2D eigenvalue weighted by Gasteiger charge is -2.11. The number of hydrogen-bond donors (Lipinski definition) is 1. The Hall–Kier alpha value is -2.82. The number of carbonyl (C=O) groups excluding carboxylic acids is 2. The largest absolute Gasteiger partial charge is 0.460 e. The second-order valence-corrected chi connectivity index (χ2v) is 5.14. The van der Waals surface area contributed by atoms with E-state index < -0.39 is 12.1 Å². The van der Waals surface area contributed by atoms with Crippen molar-refractivity contribution in [2.24, 2.45) is 0 Å². The van der Waals surface area contributed by atoms with Gasteiger partial charge in [-0.2, -0.15) is 0 Å². The Morgan fingerprint density at radius 3 is 2.65 bits per heavy atom. The van der Waals surface area contributed by atoms with Gasteiger partial charge in [0.25, 0.3) is 0 Å². The van der Waals surface area contributed by atoms with Crippen LogP contribution in [0.5, 0.6) is 5.75 Å². The van der Waals surface area contributed by atoms with Crippen molar-refractivity contribution in [3.05, 3.63) is 54.1 Å². The average Bonchev–Trinajstić information content (AvgIpc) is 2.54. The van der Waals surface area contributed by atoms with Gasteiger partial charge < -0.3 is 14.8 Å². The molecule has 0 aliphatic carbocycles. The maximum absolute atomic E-state index is 11.8. The molecule has 2 aromatic rings. The van der Waals surface area contributed by atoms with Crippen molar-refractivity contribution >= 4 is 22.8 Å². The van der Waals surface area contributed by atoms with Crippen LogP contribution in [-0.4, -0.2) is 25.2 Å². The minimum atomic E-state index is -0.588. The Morgan fingerprint density at radius 1 is 1.17 bits per heavy atom. The molecule has 5 nitrogen and oxygen atoms in total. The predicted molar refractivity (Wildman–Crippen MR) is 88.5 cm³/mol. The summed E-state index contributed by atoms with van der Waals surface area (Å²) in [5.41, 5.74) is 1.21. The molecule has 120 valence electrons. The lowest BCUT2D eigenvalue weighted by atomic mass is 10.1. The second-order valence-electron chi connectivity index (χ2n) is 5.14. The highest BCUT2D eigenvalue weighted by Gasteiger charge is 2.09. The Balaban J connectivity index is 1.89. The van der Waals surface area contributed by atoms with Gasteiger partial charge >= 0.3 is 12.1 Å². The van der Waals surface area contributed by atoms with Crippen LogP contribution in [-0.2, 0) is 9.53 Å². The van der Waals surface area contributed by atoms with Crippen LogP contribution >= 0.6 is 0 Å². The third-order valence-electron chi connectivity index (χ3n) is 3.30. The van der Waals surface area contributed by atoms with E-state index in [2.05, 4.69) is 11.9 Å². The van der Waals surface area contributed by atoms with E-state index in [1.165, 1.54) is 0 Å². The molecule has 0 radical (unpaired) electrons. The van der Waals surface area contributed by atoms with Crippen LogP contribution < -0.4 is 10.1 Å². The highest BCUT2D eigenvalue weighted by molar-refractivity contribution is 5.88. The molecule has 1 amide bonds. The van der Waals surface area contributed by atoms with E-state index in [-0.39, 0.29) is 13.2 Å². The predicted octanol–water partition coefficient (Wildman–Crippen LogP) is 3.36. The van der Waals surface area contributed by atoms with Crippen molar-refractivity contribution in [2.75, 3.05) is 13.2 Å². The molecule has 1 N–H and O–H groups in total. The number of esters is 1. The van der Waals surface area contributed by atoms with E-state index in [0.717, 1.165) is 16.3 Å². The topological polar surface area (TPSA) is 64.6 Å². The number of ether oxygens (including phenoxy) is 2. The molecule has 0 aliphatic rings. The van der Waals surface area contributed by atoms with Crippen molar-refractivity contribution in [1.82, 2.24) is 5.32 Å². The first-order chi connectivity index (χ1) is 11.0. The smallest absolute Gasteiger partial charge is 0.412 e. The summed E-state index contributed by atoms with van der Waals surface area (Å²) in [6.07, 6.45) is -0.588. The fraction of sp³-hybridized carbons (Fsp3) is 0.222. The maximum atomic E-state index is 11.8. The molecule has 23 heavy (non-hydrogen) atoms. The maximum Gasteiger partial charge on any atom is 0.412 e. The molecule has 0 bridgehead atoms. The number of hydrogen-bond acceptors (Lipinski definition) is 4. The molecule has 5 heteroatoms. The Kier molecular flexibility index (Phi) is 5.36. The van der Waals surface area contributed by atoms with Gasteiger partial charge in [-0.05, 0) is 36.2 Å². The first-order valence-corrected chi connectivity index (χ1v) is 7.25. The fourth-order valence-corrected chi connectivity index (χ4v) is 2.07. The number of carbonyl (C=O) groups is 2. The number of nitrogens with one attached hydrogen (secondary N) is 1. The molecular formula is C18H19NO4. The summed E-state index contributed by atoms with van der Waals surface area (Å²) in [6, 6.07) is 11.5. The van der Waals surface area contributed by atoms with Crippen molar-refractivity contribution in [1.29, 1.82) is 0 Å². The van der Waals surface area contributed by atoms with E-state index in [1.54, 1.807) is 13.0 Å². The zero-order valence-electron chi connectivity index (χ0n) is 13.2. The third-order valence-corrected chi connectivity index (χ3v) is 3.30. The molecule has 0 spiro atoms. The Morgan fingerprint density at radius 2 is 1.91 bits per heavy atom. The van der Waals surface area contributed by atoms with Gasteiger partial charge in [-0.25, -0.2) is 9.59 Å². The molecule has 0 saturated heterocycles. The van der Waals surface area contributed by atoms with E-state index in [1.807, 2.05) is 37.3 Å². The molecule has 0 atom stereocenters. The van der Waals surface area contributed by atoms with Gasteiger partial charge in [0, 0.05) is 5.57 Å². The first kappa shape index (κ1) is 16.5. The zero-order valence-corrected chi connectivity index (χ0v) is 13.2. The summed E-state index contributed by atoms with van der Waals surface area (Å²) in [4.78, 5) is 23.0. The minimum absolute atomic E-state index is 0.0670. The van der Waals surface area contributed by atoms with E-state index in [9.17, 15) is 9.59 Å². The Bertz CT molecular complexity index is 752. The van der Waals surface area contributed by atoms with Crippen LogP contribution in [0.2, 0.25) is 0 Å². The highest BCUT2D eigenvalue weighted by atomic mass is 16.6. The second kappa shape index (κ2) is 7.45. The van der Waals surface area contributed by atoms with Crippen LogP contribution in [0, 0.1) is 6.92 Å². The number of fused-ring (bicyclic) bond motifs is 1. The first-order valence-electron chi connectivity index (χ1n) is 7.25. The van der Waals surface area contributed by atoms with Gasteiger partial charge in [0.05, 0.1) is 6.54 Å². The average molecular weight is 313 g/mol. The SMILES string of the molecule is C=C(C)C(=O)OCCNC(=O)Oc1ccc2ccccc2c1C. The van der Waals surface area contributed by atoms with Gasteiger partial charge in [-0.15, -0.1) is 0 Å². The van der Waals surface area contributed by atoms with Crippen LogP contribution in [0.1, 0.15) is 12.5 Å². The number of rotatable bonds is 5. The van der Waals surface area contributed by atoms with Gasteiger partial charge in [0.2, 0.25) is 0 Å². The fourth-order valence-electron chi connectivity index (χ4n) is 2.07. The minimum Gasteiger partial charge on any atom is -0.460 e. The molecule has 0 aliphatic heterocycles. The summed E-state index contributed by atoms with van der Waals surface area (Å²) in [5.74, 6) is 0.0191. The van der Waals surface area contributed by atoms with Crippen molar-refractivity contribution in [3.63, 3.8) is 0 Å². The number of amides is 1. The Labute approximate surface area is 134 Å². The quantitative estimate of drug-likeness (QED) is 0.522. The number of benzene rings is 2. The molecular weight excluding hydrogens is 294 g/mol. The summed E-state index contributed by atoms with van der Waals surface area (Å²) in [7, 11) is 0. The molecule has 0 fully saturated rings. The lowest BCUT2D eigenvalue weighted by molar-refractivity contribution is -0.138. The number of aryl methyl sites for hydroxylation is 1. The van der Waals surface area contributed by atoms with Crippen molar-refractivity contribution < 1.29 is 19.1 Å². The normalized spacial score (nSPS) is 10.2. The van der Waals surface area contributed by atoms with E-state index in [4.69, 9.17) is 9.47 Å². The summed E-state index contributed by atoms with van der Waals surface area (Å²) < 4.78 is 10.2. The summed E-state index contributed by atoms with van der Waals surface area (Å²) in [5, 5.41) is 4.66. The summed E-state index contributed by atoms with van der Waals surface area (Å²) in [6.45, 7) is 7.18. The molecule has 0 unspecified atom stereocenters. The molecule has 0 saturated carbocycles.